The normalized spacial score (nSPS) is 18.8. The van der Waals surface area contributed by atoms with E-state index in [-0.39, 0.29) is 23.5 Å². The van der Waals surface area contributed by atoms with Crippen molar-refractivity contribution >= 4 is 15.9 Å². The zero-order valence-corrected chi connectivity index (χ0v) is 15.4. The Labute approximate surface area is 152 Å². The SMILES string of the molecule is Cn1cnc(S(=O)(=O)N2CCn3nc(C(=O)NC4CCCC4)cc3C2)c1. The summed E-state index contributed by atoms with van der Waals surface area (Å²) in [6, 6.07) is 1.91. The van der Waals surface area contributed by atoms with Crippen LogP contribution in [0.2, 0.25) is 0 Å². The number of nitrogens with one attached hydrogen (secondary N) is 1. The quantitative estimate of drug-likeness (QED) is 0.834. The molecule has 1 aliphatic heterocycles. The first-order chi connectivity index (χ1) is 12.4. The third kappa shape index (κ3) is 3.14. The van der Waals surface area contributed by atoms with E-state index in [2.05, 4.69) is 15.4 Å². The van der Waals surface area contributed by atoms with Crippen LogP contribution < -0.4 is 5.32 Å². The molecule has 0 radical (unpaired) electrons. The molecule has 26 heavy (non-hydrogen) atoms. The van der Waals surface area contributed by atoms with E-state index in [4.69, 9.17) is 0 Å². The second kappa shape index (κ2) is 6.51. The van der Waals surface area contributed by atoms with Crippen molar-refractivity contribution in [1.29, 1.82) is 0 Å². The molecule has 2 aromatic rings. The van der Waals surface area contributed by atoms with Gasteiger partial charge in [0.1, 0.15) is 0 Å². The molecule has 0 unspecified atom stereocenters. The highest BCUT2D eigenvalue weighted by molar-refractivity contribution is 7.89. The van der Waals surface area contributed by atoms with Gasteiger partial charge in [0.05, 0.1) is 25.1 Å². The lowest BCUT2D eigenvalue weighted by molar-refractivity contribution is 0.0932. The zero-order chi connectivity index (χ0) is 18.3. The van der Waals surface area contributed by atoms with E-state index in [0.717, 1.165) is 25.7 Å². The molecule has 0 atom stereocenters. The minimum Gasteiger partial charge on any atom is -0.348 e. The van der Waals surface area contributed by atoms with Crippen molar-refractivity contribution in [3.63, 3.8) is 0 Å². The van der Waals surface area contributed by atoms with Gasteiger partial charge in [0.25, 0.3) is 15.9 Å². The Hall–Kier alpha value is -2.20. The summed E-state index contributed by atoms with van der Waals surface area (Å²) in [4.78, 5) is 16.3. The Balaban J connectivity index is 1.50. The van der Waals surface area contributed by atoms with Crippen molar-refractivity contribution in [3.05, 3.63) is 30.0 Å². The van der Waals surface area contributed by atoms with Crippen molar-refractivity contribution < 1.29 is 13.2 Å². The fourth-order valence-corrected chi connectivity index (χ4v) is 4.91. The molecule has 1 amide bonds. The highest BCUT2D eigenvalue weighted by atomic mass is 32.2. The third-order valence-electron chi connectivity index (χ3n) is 4.97. The topological polar surface area (TPSA) is 102 Å². The number of amides is 1. The monoisotopic (exact) mass is 378 g/mol. The number of carbonyl (C=O) groups excluding carboxylic acids is 1. The van der Waals surface area contributed by atoms with Gasteiger partial charge in [-0.15, -0.1) is 0 Å². The summed E-state index contributed by atoms with van der Waals surface area (Å²) in [5.41, 5.74) is 1.07. The average Bonchev–Trinajstić information content (AvgIpc) is 3.33. The fraction of sp³-hybridized carbons (Fsp3) is 0.562. The van der Waals surface area contributed by atoms with Crippen molar-refractivity contribution in [2.24, 2.45) is 7.05 Å². The van der Waals surface area contributed by atoms with Crippen LogP contribution in [0.4, 0.5) is 0 Å². The number of aryl methyl sites for hydroxylation is 1. The van der Waals surface area contributed by atoms with E-state index in [1.807, 2.05) is 0 Å². The van der Waals surface area contributed by atoms with Crippen LogP contribution >= 0.6 is 0 Å². The Morgan fingerprint density at radius 2 is 2.04 bits per heavy atom. The number of imidazole rings is 1. The highest BCUT2D eigenvalue weighted by Crippen LogP contribution is 2.22. The number of rotatable bonds is 4. The van der Waals surface area contributed by atoms with Crippen LogP contribution in [-0.2, 0) is 30.2 Å². The van der Waals surface area contributed by atoms with Crippen molar-refractivity contribution in [3.8, 4) is 0 Å². The third-order valence-corrected chi connectivity index (χ3v) is 6.70. The second-order valence-electron chi connectivity index (χ2n) is 6.91. The minimum atomic E-state index is -3.65. The molecule has 10 heteroatoms. The first-order valence-electron chi connectivity index (χ1n) is 8.79. The summed E-state index contributed by atoms with van der Waals surface area (Å²) in [6.07, 6.45) is 7.26. The maximum Gasteiger partial charge on any atom is 0.272 e. The molecule has 9 nitrogen and oxygen atoms in total. The van der Waals surface area contributed by atoms with E-state index in [0.29, 0.717) is 24.5 Å². The van der Waals surface area contributed by atoms with Gasteiger partial charge < -0.3 is 9.88 Å². The van der Waals surface area contributed by atoms with Crippen LogP contribution in [0.25, 0.3) is 0 Å². The smallest absolute Gasteiger partial charge is 0.272 e. The summed E-state index contributed by atoms with van der Waals surface area (Å²) in [7, 11) is -1.93. The standard InChI is InChI=1S/C16H22N6O3S/c1-20-10-15(17-11-20)26(24,25)21-6-7-22-13(9-21)8-14(19-22)16(23)18-12-4-2-3-5-12/h8,10-12H,2-7,9H2,1H3,(H,18,23). The van der Waals surface area contributed by atoms with Crippen LogP contribution in [0, 0.1) is 0 Å². The number of hydrogen-bond acceptors (Lipinski definition) is 5. The Morgan fingerprint density at radius 3 is 2.73 bits per heavy atom. The maximum absolute atomic E-state index is 12.7. The summed E-state index contributed by atoms with van der Waals surface area (Å²) in [5, 5.41) is 7.40. The molecule has 0 aromatic carbocycles. The van der Waals surface area contributed by atoms with Gasteiger partial charge in [0.2, 0.25) is 0 Å². The lowest BCUT2D eigenvalue weighted by Crippen LogP contribution is -2.38. The molecule has 1 fully saturated rings. The van der Waals surface area contributed by atoms with Crippen LogP contribution in [-0.4, -0.2) is 50.5 Å². The number of hydrogen-bond donors (Lipinski definition) is 1. The molecule has 3 heterocycles. The molecule has 1 aliphatic carbocycles. The van der Waals surface area contributed by atoms with E-state index < -0.39 is 10.0 Å². The van der Waals surface area contributed by atoms with Crippen LogP contribution in [0.5, 0.6) is 0 Å². The van der Waals surface area contributed by atoms with Gasteiger partial charge >= 0.3 is 0 Å². The van der Waals surface area contributed by atoms with Gasteiger partial charge in [-0.05, 0) is 18.9 Å². The summed E-state index contributed by atoms with van der Waals surface area (Å²) >= 11 is 0. The molecule has 0 spiro atoms. The highest BCUT2D eigenvalue weighted by Gasteiger charge is 2.31. The minimum absolute atomic E-state index is 0.0344. The number of nitrogens with zero attached hydrogens (tertiary/aromatic N) is 5. The Morgan fingerprint density at radius 1 is 1.27 bits per heavy atom. The first kappa shape index (κ1) is 17.2. The predicted octanol–water partition coefficient (Wildman–Crippen LogP) is 0.493. The number of sulfonamides is 1. The zero-order valence-electron chi connectivity index (χ0n) is 14.6. The van der Waals surface area contributed by atoms with Crippen LogP contribution in [0.3, 0.4) is 0 Å². The molecule has 2 aromatic heterocycles. The lowest BCUT2D eigenvalue weighted by Gasteiger charge is -2.25. The van der Waals surface area contributed by atoms with E-state index in [1.54, 1.807) is 22.4 Å². The molecular weight excluding hydrogens is 356 g/mol. The van der Waals surface area contributed by atoms with E-state index in [9.17, 15) is 13.2 Å². The summed E-state index contributed by atoms with van der Waals surface area (Å²) in [6.45, 7) is 0.901. The fourth-order valence-electron chi connectivity index (χ4n) is 3.54. The van der Waals surface area contributed by atoms with E-state index >= 15 is 0 Å². The molecule has 4 rings (SSSR count). The molecule has 1 saturated carbocycles. The summed E-state index contributed by atoms with van der Waals surface area (Å²) in [5.74, 6) is -0.182. The molecule has 140 valence electrons. The number of fused-ring (bicyclic) bond motifs is 1. The van der Waals surface area contributed by atoms with Crippen molar-refractivity contribution in [2.45, 2.75) is 49.8 Å². The van der Waals surface area contributed by atoms with Gasteiger partial charge in [-0.1, -0.05) is 12.8 Å². The molecule has 0 saturated heterocycles. The van der Waals surface area contributed by atoms with Gasteiger partial charge in [-0.2, -0.15) is 9.40 Å². The van der Waals surface area contributed by atoms with Gasteiger partial charge in [0.15, 0.2) is 10.7 Å². The summed E-state index contributed by atoms with van der Waals surface area (Å²) < 4.78 is 30.1. The van der Waals surface area contributed by atoms with Crippen molar-refractivity contribution in [2.75, 3.05) is 6.54 Å². The maximum atomic E-state index is 12.7. The average molecular weight is 378 g/mol. The Bertz CT molecular complexity index is 926. The largest absolute Gasteiger partial charge is 0.348 e. The Kier molecular flexibility index (Phi) is 4.31. The van der Waals surface area contributed by atoms with Crippen LogP contribution in [0.1, 0.15) is 41.9 Å². The second-order valence-corrected chi connectivity index (χ2v) is 8.80. The molecular formula is C16H22N6O3S. The molecule has 0 bridgehead atoms. The first-order valence-corrected chi connectivity index (χ1v) is 10.2. The van der Waals surface area contributed by atoms with E-state index in [1.165, 1.54) is 16.8 Å². The van der Waals surface area contributed by atoms with Crippen LogP contribution in [0.15, 0.2) is 23.6 Å². The van der Waals surface area contributed by atoms with Gasteiger partial charge in [-0.3, -0.25) is 9.48 Å². The number of aromatic nitrogens is 4. The number of carbonyl (C=O) groups is 1. The van der Waals surface area contributed by atoms with Gasteiger partial charge in [-0.25, -0.2) is 13.4 Å². The van der Waals surface area contributed by atoms with Gasteiger partial charge in [0, 0.05) is 25.8 Å². The molecule has 1 N–H and O–H groups in total. The predicted molar refractivity (Wildman–Crippen MR) is 92.8 cm³/mol. The molecule has 2 aliphatic rings. The lowest BCUT2D eigenvalue weighted by atomic mass is 10.2. The van der Waals surface area contributed by atoms with Crippen molar-refractivity contribution in [1.82, 2.24) is 29.0 Å².